The topological polar surface area (TPSA) is 68.8 Å². The molecule has 0 spiro atoms. The highest BCUT2D eigenvalue weighted by atomic mass is 16.6. The normalized spacial score (nSPS) is 26.7. The van der Waals surface area contributed by atoms with E-state index in [2.05, 4.69) is 22.8 Å². The Hall–Kier alpha value is -1.79. The molecule has 1 amide bonds. The van der Waals surface area contributed by atoms with Gasteiger partial charge in [0, 0.05) is 25.6 Å². The van der Waals surface area contributed by atoms with Crippen molar-refractivity contribution in [3.63, 3.8) is 0 Å². The van der Waals surface area contributed by atoms with Gasteiger partial charge < -0.3 is 24.8 Å². The lowest BCUT2D eigenvalue weighted by Crippen LogP contribution is -2.46. The van der Waals surface area contributed by atoms with Gasteiger partial charge in [-0.3, -0.25) is 4.79 Å². The second kappa shape index (κ2) is 7.45. The average molecular weight is 360 g/mol. The zero-order valence-electron chi connectivity index (χ0n) is 15.4. The minimum Gasteiger partial charge on any atom is -0.486 e. The van der Waals surface area contributed by atoms with Crippen molar-refractivity contribution >= 4 is 5.91 Å². The minimum absolute atomic E-state index is 0.00917. The van der Waals surface area contributed by atoms with Gasteiger partial charge in [-0.25, -0.2) is 0 Å². The van der Waals surface area contributed by atoms with E-state index in [4.69, 9.17) is 14.2 Å². The second-order valence-electron chi connectivity index (χ2n) is 7.62. The van der Waals surface area contributed by atoms with E-state index in [0.717, 1.165) is 37.3 Å². The number of ether oxygens (including phenoxy) is 3. The molecule has 6 heteroatoms. The fourth-order valence-corrected chi connectivity index (χ4v) is 4.45. The van der Waals surface area contributed by atoms with Crippen molar-refractivity contribution in [3.8, 4) is 11.5 Å². The summed E-state index contributed by atoms with van der Waals surface area (Å²) >= 11 is 0. The number of carbonyl (C=O) groups is 1. The summed E-state index contributed by atoms with van der Waals surface area (Å²) in [7, 11) is 1.70. The van der Waals surface area contributed by atoms with Crippen LogP contribution in [0.2, 0.25) is 0 Å². The predicted octanol–water partition coefficient (Wildman–Crippen LogP) is 1.76. The van der Waals surface area contributed by atoms with Crippen LogP contribution in [0.15, 0.2) is 18.2 Å². The number of fused-ring (bicyclic) bond motifs is 1. The lowest BCUT2D eigenvalue weighted by Gasteiger charge is -2.31. The van der Waals surface area contributed by atoms with E-state index >= 15 is 0 Å². The van der Waals surface area contributed by atoms with E-state index in [1.165, 1.54) is 18.4 Å². The Morgan fingerprint density at radius 3 is 2.77 bits per heavy atom. The average Bonchev–Trinajstić information content (AvgIpc) is 3.36. The molecule has 0 bridgehead atoms. The van der Waals surface area contributed by atoms with Gasteiger partial charge in [0.25, 0.3) is 0 Å². The van der Waals surface area contributed by atoms with Gasteiger partial charge in [0.05, 0.1) is 12.1 Å². The summed E-state index contributed by atoms with van der Waals surface area (Å²) in [5.74, 6) is 1.72. The Kier molecular flexibility index (Phi) is 5.05. The molecule has 2 fully saturated rings. The molecule has 1 saturated heterocycles. The number of rotatable bonds is 5. The number of amides is 1. The predicted molar refractivity (Wildman–Crippen MR) is 97.8 cm³/mol. The minimum atomic E-state index is -0.154. The second-order valence-corrected chi connectivity index (χ2v) is 7.62. The Bertz CT molecular complexity index is 657. The van der Waals surface area contributed by atoms with Crippen LogP contribution in [0.4, 0.5) is 0 Å². The van der Waals surface area contributed by atoms with E-state index in [0.29, 0.717) is 19.8 Å². The maximum absolute atomic E-state index is 12.6. The fourth-order valence-electron chi connectivity index (χ4n) is 4.45. The van der Waals surface area contributed by atoms with Crippen LogP contribution in [-0.4, -0.2) is 51.5 Å². The van der Waals surface area contributed by atoms with E-state index in [1.807, 2.05) is 6.07 Å². The summed E-state index contributed by atoms with van der Waals surface area (Å²) in [5, 5.41) is 6.45. The molecule has 1 aromatic carbocycles. The highest BCUT2D eigenvalue weighted by Crippen LogP contribution is 2.43. The van der Waals surface area contributed by atoms with E-state index < -0.39 is 0 Å². The number of hydrogen-bond donors (Lipinski definition) is 2. The zero-order valence-corrected chi connectivity index (χ0v) is 15.4. The molecule has 2 aliphatic heterocycles. The van der Waals surface area contributed by atoms with Crippen LogP contribution in [0.25, 0.3) is 0 Å². The van der Waals surface area contributed by atoms with Gasteiger partial charge in [-0.1, -0.05) is 18.9 Å². The molecule has 2 N–H and O–H groups in total. The van der Waals surface area contributed by atoms with Gasteiger partial charge in [-0.15, -0.1) is 0 Å². The van der Waals surface area contributed by atoms with Crippen molar-refractivity contribution < 1.29 is 19.0 Å². The third-order valence-electron chi connectivity index (χ3n) is 6.06. The first-order chi connectivity index (χ1) is 12.7. The van der Waals surface area contributed by atoms with Gasteiger partial charge in [0.2, 0.25) is 5.91 Å². The van der Waals surface area contributed by atoms with Crippen LogP contribution in [0.5, 0.6) is 11.5 Å². The van der Waals surface area contributed by atoms with E-state index in [1.54, 1.807) is 7.11 Å². The zero-order chi connectivity index (χ0) is 18.0. The van der Waals surface area contributed by atoms with Crippen LogP contribution in [0, 0.1) is 0 Å². The van der Waals surface area contributed by atoms with Crippen molar-refractivity contribution in [1.82, 2.24) is 10.6 Å². The third kappa shape index (κ3) is 3.40. The molecule has 26 heavy (non-hydrogen) atoms. The van der Waals surface area contributed by atoms with Crippen LogP contribution in [0.1, 0.15) is 37.7 Å². The molecule has 2 atom stereocenters. The third-order valence-corrected chi connectivity index (χ3v) is 6.06. The Morgan fingerprint density at radius 2 is 2.04 bits per heavy atom. The maximum Gasteiger partial charge on any atom is 0.237 e. The summed E-state index contributed by atoms with van der Waals surface area (Å²) in [6.45, 7) is 2.60. The van der Waals surface area contributed by atoms with Gasteiger partial charge in [0.15, 0.2) is 11.5 Å². The maximum atomic E-state index is 12.6. The first kappa shape index (κ1) is 17.6. The molecular formula is C20H28N2O4. The standard InChI is InChI=1S/C20H28N2O4/c1-24-15-11-16(21-12-15)19(23)22-13-20(6-2-3-7-20)14-4-5-17-18(10-14)26-9-8-25-17/h4-5,10,15-16,21H,2-3,6-9,11-13H2,1H3,(H,22,23)/t15-,16+/m0/s1. The van der Waals surface area contributed by atoms with Crippen molar-refractivity contribution in [3.05, 3.63) is 23.8 Å². The number of carbonyl (C=O) groups excluding carboxylic acids is 1. The molecule has 1 saturated carbocycles. The first-order valence-electron chi connectivity index (χ1n) is 9.64. The van der Waals surface area contributed by atoms with E-state index in [9.17, 15) is 4.79 Å². The summed E-state index contributed by atoms with van der Waals surface area (Å²) < 4.78 is 16.8. The number of methoxy groups -OCH3 is 1. The van der Waals surface area contributed by atoms with Crippen LogP contribution < -0.4 is 20.1 Å². The molecule has 2 heterocycles. The molecule has 4 rings (SSSR count). The van der Waals surface area contributed by atoms with Crippen molar-refractivity contribution in [2.45, 2.75) is 49.7 Å². The van der Waals surface area contributed by atoms with Gasteiger partial charge in [-0.05, 0) is 37.0 Å². The lowest BCUT2D eigenvalue weighted by atomic mass is 9.78. The van der Waals surface area contributed by atoms with Gasteiger partial charge >= 0.3 is 0 Å². The smallest absolute Gasteiger partial charge is 0.237 e. The fraction of sp³-hybridized carbons (Fsp3) is 0.650. The summed E-state index contributed by atoms with van der Waals surface area (Å²) in [6, 6.07) is 6.10. The molecular weight excluding hydrogens is 332 g/mol. The Labute approximate surface area is 154 Å². The van der Waals surface area contributed by atoms with Crippen LogP contribution in [-0.2, 0) is 14.9 Å². The molecule has 1 aliphatic carbocycles. The summed E-state index contributed by atoms with van der Waals surface area (Å²) in [6.07, 6.45) is 5.43. The molecule has 0 radical (unpaired) electrons. The number of hydrogen-bond acceptors (Lipinski definition) is 5. The Morgan fingerprint density at radius 1 is 1.27 bits per heavy atom. The molecule has 0 aromatic heterocycles. The van der Waals surface area contributed by atoms with Gasteiger partial charge in [0.1, 0.15) is 13.2 Å². The molecule has 0 unspecified atom stereocenters. The van der Waals surface area contributed by atoms with Crippen LogP contribution in [0.3, 0.4) is 0 Å². The highest BCUT2D eigenvalue weighted by Gasteiger charge is 2.38. The molecule has 142 valence electrons. The monoisotopic (exact) mass is 360 g/mol. The number of benzene rings is 1. The Balaban J connectivity index is 1.46. The number of nitrogens with one attached hydrogen (secondary N) is 2. The molecule has 6 nitrogen and oxygen atoms in total. The van der Waals surface area contributed by atoms with Crippen molar-refractivity contribution in [1.29, 1.82) is 0 Å². The summed E-state index contributed by atoms with van der Waals surface area (Å²) in [4.78, 5) is 12.6. The molecule has 1 aromatic rings. The molecule has 3 aliphatic rings. The SMILES string of the molecule is CO[C@@H]1CN[C@@H](C(=O)NCC2(c3ccc4c(c3)OCCO4)CCCC2)C1. The van der Waals surface area contributed by atoms with E-state index in [-0.39, 0.29) is 23.5 Å². The quantitative estimate of drug-likeness (QED) is 0.838. The summed E-state index contributed by atoms with van der Waals surface area (Å²) in [5.41, 5.74) is 1.23. The highest BCUT2D eigenvalue weighted by molar-refractivity contribution is 5.82. The van der Waals surface area contributed by atoms with Crippen molar-refractivity contribution in [2.24, 2.45) is 0 Å². The van der Waals surface area contributed by atoms with Crippen LogP contribution >= 0.6 is 0 Å². The van der Waals surface area contributed by atoms with Gasteiger partial charge in [-0.2, -0.15) is 0 Å². The first-order valence-corrected chi connectivity index (χ1v) is 9.64. The largest absolute Gasteiger partial charge is 0.486 e. The van der Waals surface area contributed by atoms with Crippen molar-refractivity contribution in [2.75, 3.05) is 33.4 Å². The lowest BCUT2D eigenvalue weighted by molar-refractivity contribution is -0.123.